The van der Waals surface area contributed by atoms with Crippen LogP contribution < -0.4 is 4.90 Å². The van der Waals surface area contributed by atoms with Gasteiger partial charge in [-0.3, -0.25) is 0 Å². The topological polar surface area (TPSA) is 48.7 Å². The van der Waals surface area contributed by atoms with Crippen LogP contribution in [0.25, 0.3) is 0 Å². The molecule has 0 aliphatic carbocycles. The maximum Gasteiger partial charge on any atom is 0.129 e. The third-order valence-electron chi connectivity index (χ3n) is 3.79. The lowest BCUT2D eigenvalue weighted by molar-refractivity contribution is 0.322. The second kappa shape index (κ2) is 5.33. The zero-order valence-electron chi connectivity index (χ0n) is 11.5. The number of nitrogens with zero attached hydrogens (tertiary/aromatic N) is 3. The molecule has 0 bridgehead atoms. The summed E-state index contributed by atoms with van der Waals surface area (Å²) in [4.78, 5) is 6.77. The molecule has 3 rings (SSSR count). The summed E-state index contributed by atoms with van der Waals surface area (Å²) in [6.07, 6.45) is 4.22. The molecule has 0 saturated heterocycles. The largest absolute Gasteiger partial charge is 0.411 e. The van der Waals surface area contributed by atoms with Crippen LogP contribution in [-0.2, 0) is 13.0 Å². The first-order valence-electron chi connectivity index (χ1n) is 6.74. The zero-order chi connectivity index (χ0) is 13.9. The number of hydrogen-bond donors (Lipinski definition) is 1. The van der Waals surface area contributed by atoms with Crippen molar-refractivity contribution in [1.82, 2.24) is 4.98 Å². The smallest absolute Gasteiger partial charge is 0.129 e. The van der Waals surface area contributed by atoms with Crippen LogP contribution >= 0.6 is 0 Å². The summed E-state index contributed by atoms with van der Waals surface area (Å²) in [5.41, 5.74) is 4.71. The van der Waals surface area contributed by atoms with Crippen molar-refractivity contribution in [3.8, 4) is 0 Å². The van der Waals surface area contributed by atoms with Crippen LogP contribution in [0, 0.1) is 6.92 Å². The quantitative estimate of drug-likeness (QED) is 0.517. The van der Waals surface area contributed by atoms with E-state index in [0.29, 0.717) is 0 Å². The normalized spacial score (nSPS) is 14.6. The van der Waals surface area contributed by atoms with E-state index in [1.165, 1.54) is 17.3 Å². The summed E-state index contributed by atoms with van der Waals surface area (Å²) in [6.45, 7) is 3.88. The molecular formula is C16H17N3O. The highest BCUT2D eigenvalue weighted by Crippen LogP contribution is 2.23. The Morgan fingerprint density at radius 2 is 2.10 bits per heavy atom. The van der Waals surface area contributed by atoms with E-state index in [1.54, 1.807) is 6.20 Å². The van der Waals surface area contributed by atoms with Gasteiger partial charge in [-0.1, -0.05) is 29.4 Å². The molecule has 0 radical (unpaired) electrons. The first-order chi connectivity index (χ1) is 9.78. The summed E-state index contributed by atoms with van der Waals surface area (Å²) >= 11 is 0. The van der Waals surface area contributed by atoms with Crippen LogP contribution in [0.3, 0.4) is 0 Å². The Hall–Kier alpha value is -2.36. The average molecular weight is 267 g/mol. The zero-order valence-corrected chi connectivity index (χ0v) is 11.5. The Bertz CT molecular complexity index is 652. The number of fused-ring (bicyclic) bond motifs is 1. The monoisotopic (exact) mass is 267 g/mol. The number of rotatable bonds is 2. The van der Waals surface area contributed by atoms with Crippen molar-refractivity contribution >= 4 is 12.0 Å². The van der Waals surface area contributed by atoms with Gasteiger partial charge >= 0.3 is 0 Å². The molecule has 0 saturated carbocycles. The maximum atomic E-state index is 8.60. The number of pyridine rings is 1. The Balaban J connectivity index is 1.86. The highest BCUT2D eigenvalue weighted by atomic mass is 16.4. The first kappa shape index (κ1) is 12.7. The molecule has 1 aliphatic rings. The van der Waals surface area contributed by atoms with Crippen LogP contribution in [-0.4, -0.2) is 23.0 Å². The van der Waals surface area contributed by atoms with Gasteiger partial charge in [-0.25, -0.2) is 4.98 Å². The van der Waals surface area contributed by atoms with Gasteiger partial charge in [-0.2, -0.15) is 0 Å². The van der Waals surface area contributed by atoms with Gasteiger partial charge in [0.25, 0.3) is 0 Å². The fraction of sp³-hybridized carbons (Fsp3) is 0.250. The van der Waals surface area contributed by atoms with E-state index in [9.17, 15) is 0 Å². The van der Waals surface area contributed by atoms with Gasteiger partial charge in [-0.05, 0) is 36.1 Å². The number of anilines is 1. The average Bonchev–Trinajstić information content (AvgIpc) is 2.49. The number of oxime groups is 1. The van der Waals surface area contributed by atoms with Crippen molar-refractivity contribution in [1.29, 1.82) is 0 Å². The molecule has 0 atom stereocenters. The molecular weight excluding hydrogens is 250 g/mol. The van der Waals surface area contributed by atoms with Crippen molar-refractivity contribution in [3.63, 3.8) is 0 Å². The van der Waals surface area contributed by atoms with Gasteiger partial charge in [0.05, 0.1) is 6.21 Å². The van der Waals surface area contributed by atoms with E-state index < -0.39 is 0 Å². The molecule has 1 N–H and O–H groups in total. The summed E-state index contributed by atoms with van der Waals surface area (Å²) in [6, 6.07) is 10.6. The molecule has 0 unspecified atom stereocenters. The third kappa shape index (κ3) is 2.37. The molecule has 2 heterocycles. The third-order valence-corrected chi connectivity index (χ3v) is 3.79. The molecule has 2 aromatic rings. The van der Waals surface area contributed by atoms with Crippen molar-refractivity contribution in [2.24, 2.45) is 5.16 Å². The van der Waals surface area contributed by atoms with Crippen molar-refractivity contribution in [3.05, 3.63) is 58.8 Å². The van der Waals surface area contributed by atoms with E-state index in [1.807, 2.05) is 13.0 Å². The minimum absolute atomic E-state index is 0.841. The molecule has 0 spiro atoms. The molecule has 102 valence electrons. The van der Waals surface area contributed by atoms with Crippen LogP contribution in [0.5, 0.6) is 0 Å². The summed E-state index contributed by atoms with van der Waals surface area (Å²) < 4.78 is 0. The maximum absolute atomic E-state index is 8.60. The standard InChI is InChI=1S/C16H17N3O/c1-12-8-16(17-9-15(12)10-18-20)19-7-6-13-4-2-3-5-14(13)11-19/h2-5,8-10,20H,6-7,11H2,1H3/b18-10-. The van der Waals surface area contributed by atoms with Crippen molar-refractivity contribution in [2.45, 2.75) is 19.9 Å². The highest BCUT2D eigenvalue weighted by Gasteiger charge is 2.17. The molecule has 1 aromatic heterocycles. The molecule has 0 fully saturated rings. The van der Waals surface area contributed by atoms with Gasteiger partial charge in [0.2, 0.25) is 0 Å². The van der Waals surface area contributed by atoms with Gasteiger partial charge in [0, 0.05) is 24.8 Å². The number of benzene rings is 1. The SMILES string of the molecule is Cc1cc(N2CCc3ccccc3C2)ncc1/C=N\O. The fourth-order valence-corrected chi connectivity index (χ4v) is 2.61. The Kier molecular flexibility index (Phi) is 3.37. The Morgan fingerprint density at radius 3 is 2.85 bits per heavy atom. The molecule has 1 aliphatic heterocycles. The first-order valence-corrected chi connectivity index (χ1v) is 6.74. The van der Waals surface area contributed by atoms with E-state index in [0.717, 1.165) is 36.5 Å². The number of aromatic nitrogens is 1. The highest BCUT2D eigenvalue weighted by molar-refractivity contribution is 5.81. The second-order valence-electron chi connectivity index (χ2n) is 5.08. The van der Waals surface area contributed by atoms with Crippen LogP contribution in [0.1, 0.15) is 22.3 Å². The number of aryl methyl sites for hydroxylation is 1. The van der Waals surface area contributed by atoms with Gasteiger partial charge in [0.15, 0.2) is 0 Å². The minimum atomic E-state index is 0.841. The predicted octanol–water partition coefficient (Wildman–Crippen LogP) is 2.76. The lowest BCUT2D eigenvalue weighted by Crippen LogP contribution is -2.31. The van der Waals surface area contributed by atoms with Crippen LogP contribution in [0.4, 0.5) is 5.82 Å². The molecule has 1 aromatic carbocycles. The van der Waals surface area contributed by atoms with E-state index in [-0.39, 0.29) is 0 Å². The molecule has 4 nitrogen and oxygen atoms in total. The summed E-state index contributed by atoms with van der Waals surface area (Å²) in [5.74, 6) is 0.979. The van der Waals surface area contributed by atoms with E-state index in [4.69, 9.17) is 5.21 Å². The van der Waals surface area contributed by atoms with Crippen LogP contribution in [0.2, 0.25) is 0 Å². The van der Waals surface area contributed by atoms with Crippen LogP contribution in [0.15, 0.2) is 41.7 Å². The van der Waals surface area contributed by atoms with E-state index in [2.05, 4.69) is 39.3 Å². The molecule has 20 heavy (non-hydrogen) atoms. The Morgan fingerprint density at radius 1 is 1.30 bits per heavy atom. The molecule has 0 amide bonds. The lowest BCUT2D eigenvalue weighted by atomic mass is 10.00. The van der Waals surface area contributed by atoms with Gasteiger partial charge < -0.3 is 10.1 Å². The summed E-state index contributed by atoms with van der Waals surface area (Å²) in [5, 5.41) is 11.7. The fourth-order valence-electron chi connectivity index (χ4n) is 2.61. The predicted molar refractivity (Wildman–Crippen MR) is 79.6 cm³/mol. The minimum Gasteiger partial charge on any atom is -0.411 e. The van der Waals surface area contributed by atoms with E-state index >= 15 is 0 Å². The van der Waals surface area contributed by atoms with Crippen molar-refractivity contribution < 1.29 is 5.21 Å². The van der Waals surface area contributed by atoms with Crippen molar-refractivity contribution in [2.75, 3.05) is 11.4 Å². The second-order valence-corrected chi connectivity index (χ2v) is 5.08. The lowest BCUT2D eigenvalue weighted by Gasteiger charge is -2.30. The summed E-state index contributed by atoms with van der Waals surface area (Å²) in [7, 11) is 0. The molecule has 4 heteroatoms. The Labute approximate surface area is 118 Å². The number of hydrogen-bond acceptors (Lipinski definition) is 4. The van der Waals surface area contributed by atoms with Gasteiger partial charge in [-0.15, -0.1) is 0 Å². The van der Waals surface area contributed by atoms with Gasteiger partial charge in [0.1, 0.15) is 5.82 Å².